The summed E-state index contributed by atoms with van der Waals surface area (Å²) in [7, 11) is 1.52. The van der Waals surface area contributed by atoms with Crippen molar-refractivity contribution in [3.05, 3.63) is 23.8 Å². The minimum absolute atomic E-state index is 0.216. The molecule has 0 radical (unpaired) electrons. The second kappa shape index (κ2) is 7.52. The number of carbonyl (C=O) groups is 2. The zero-order valence-electron chi connectivity index (χ0n) is 12.8. The Labute approximate surface area is 124 Å². The van der Waals surface area contributed by atoms with Gasteiger partial charge in [-0.05, 0) is 39.0 Å². The molecular weight excluding hydrogens is 274 g/mol. The molecule has 0 heterocycles. The molecule has 0 aromatic heterocycles. The molecule has 1 aromatic rings. The first-order valence-corrected chi connectivity index (χ1v) is 6.74. The Kier molecular flexibility index (Phi) is 6.02. The van der Waals surface area contributed by atoms with Gasteiger partial charge in [0, 0.05) is 11.6 Å². The van der Waals surface area contributed by atoms with E-state index in [-0.39, 0.29) is 18.5 Å². The fourth-order valence-corrected chi connectivity index (χ4v) is 1.88. The molecule has 0 saturated carbocycles. The van der Waals surface area contributed by atoms with Crippen LogP contribution in [-0.2, 0) is 4.79 Å². The van der Waals surface area contributed by atoms with Crippen molar-refractivity contribution in [3.8, 4) is 11.5 Å². The quantitative estimate of drug-likeness (QED) is 0.833. The van der Waals surface area contributed by atoms with Crippen LogP contribution in [0.2, 0.25) is 0 Å². The van der Waals surface area contributed by atoms with E-state index in [0.29, 0.717) is 23.7 Å². The summed E-state index contributed by atoms with van der Waals surface area (Å²) in [6, 6.07) is 4.59. The van der Waals surface area contributed by atoms with Crippen LogP contribution in [0.3, 0.4) is 0 Å². The highest BCUT2D eigenvalue weighted by atomic mass is 16.5. The summed E-state index contributed by atoms with van der Waals surface area (Å²) in [5.41, 5.74) is 0.370. The number of rotatable bonds is 7. The van der Waals surface area contributed by atoms with Crippen molar-refractivity contribution in [1.29, 1.82) is 0 Å². The van der Waals surface area contributed by atoms with Gasteiger partial charge in [-0.1, -0.05) is 0 Å². The van der Waals surface area contributed by atoms with Gasteiger partial charge in [0.15, 0.2) is 11.5 Å². The molecular formula is C15H21NO5. The Morgan fingerprint density at radius 3 is 2.43 bits per heavy atom. The van der Waals surface area contributed by atoms with Crippen LogP contribution in [0.1, 0.15) is 31.1 Å². The molecule has 116 valence electrons. The highest BCUT2D eigenvalue weighted by molar-refractivity contribution is 5.96. The van der Waals surface area contributed by atoms with Crippen molar-refractivity contribution in [2.45, 2.75) is 26.8 Å². The zero-order chi connectivity index (χ0) is 16.0. The molecule has 1 aromatic carbocycles. The lowest BCUT2D eigenvalue weighted by molar-refractivity contribution is -0.138. The Hall–Kier alpha value is -2.24. The molecule has 1 rings (SSSR count). The van der Waals surface area contributed by atoms with Crippen molar-refractivity contribution in [2.24, 2.45) is 0 Å². The molecule has 1 amide bonds. The molecule has 6 heteroatoms. The van der Waals surface area contributed by atoms with Crippen LogP contribution in [0.25, 0.3) is 0 Å². The number of carboxylic acid groups (broad SMARTS) is 1. The molecule has 1 N–H and O–H groups in total. The van der Waals surface area contributed by atoms with Crippen LogP contribution < -0.4 is 9.47 Å². The third kappa shape index (κ3) is 4.37. The van der Waals surface area contributed by atoms with E-state index in [1.165, 1.54) is 12.0 Å². The number of methoxy groups -OCH3 is 1. The molecule has 0 aliphatic rings. The second-order valence-electron chi connectivity index (χ2n) is 4.72. The number of carbonyl (C=O) groups excluding carboxylic acids is 1. The lowest BCUT2D eigenvalue weighted by Gasteiger charge is -2.25. The number of hydrogen-bond donors (Lipinski definition) is 1. The molecule has 0 aliphatic carbocycles. The predicted octanol–water partition coefficient (Wildman–Crippen LogP) is 2.03. The summed E-state index contributed by atoms with van der Waals surface area (Å²) in [4.78, 5) is 24.6. The lowest BCUT2D eigenvalue weighted by atomic mass is 10.1. The third-order valence-corrected chi connectivity index (χ3v) is 2.90. The monoisotopic (exact) mass is 295 g/mol. The van der Waals surface area contributed by atoms with Crippen molar-refractivity contribution < 1.29 is 24.2 Å². The SMILES string of the molecule is CCOc1cc(C(=O)N(CC(=O)O)C(C)C)ccc1OC. The summed E-state index contributed by atoms with van der Waals surface area (Å²) in [6.07, 6.45) is 0. The molecule has 21 heavy (non-hydrogen) atoms. The molecule has 0 atom stereocenters. The van der Waals surface area contributed by atoms with Crippen molar-refractivity contribution in [3.63, 3.8) is 0 Å². The van der Waals surface area contributed by atoms with Crippen LogP contribution in [0.4, 0.5) is 0 Å². The van der Waals surface area contributed by atoms with Crippen LogP contribution in [0, 0.1) is 0 Å². The van der Waals surface area contributed by atoms with E-state index in [2.05, 4.69) is 0 Å². The van der Waals surface area contributed by atoms with Gasteiger partial charge >= 0.3 is 5.97 Å². The van der Waals surface area contributed by atoms with E-state index in [4.69, 9.17) is 14.6 Å². The largest absolute Gasteiger partial charge is 0.493 e. The molecule has 0 unspecified atom stereocenters. The van der Waals surface area contributed by atoms with Crippen molar-refractivity contribution in [2.75, 3.05) is 20.3 Å². The normalized spacial score (nSPS) is 10.3. The van der Waals surface area contributed by atoms with E-state index in [0.717, 1.165) is 0 Å². The second-order valence-corrected chi connectivity index (χ2v) is 4.72. The number of amides is 1. The Bertz CT molecular complexity index is 513. The maximum Gasteiger partial charge on any atom is 0.323 e. The van der Waals surface area contributed by atoms with E-state index in [9.17, 15) is 9.59 Å². The van der Waals surface area contributed by atoms with Gasteiger partial charge in [-0.2, -0.15) is 0 Å². The van der Waals surface area contributed by atoms with Crippen LogP contribution in [-0.4, -0.2) is 48.2 Å². The smallest absolute Gasteiger partial charge is 0.323 e. The summed E-state index contributed by atoms with van der Waals surface area (Å²) in [6.45, 7) is 5.48. The highest BCUT2D eigenvalue weighted by Gasteiger charge is 2.22. The minimum Gasteiger partial charge on any atom is -0.493 e. The third-order valence-electron chi connectivity index (χ3n) is 2.90. The summed E-state index contributed by atoms with van der Waals surface area (Å²) >= 11 is 0. The lowest BCUT2D eigenvalue weighted by Crippen LogP contribution is -2.40. The summed E-state index contributed by atoms with van der Waals surface area (Å²) < 4.78 is 10.6. The highest BCUT2D eigenvalue weighted by Crippen LogP contribution is 2.28. The Morgan fingerprint density at radius 1 is 1.29 bits per heavy atom. The van der Waals surface area contributed by atoms with Crippen molar-refractivity contribution in [1.82, 2.24) is 4.90 Å². The maximum atomic E-state index is 12.4. The molecule has 0 spiro atoms. The first-order valence-electron chi connectivity index (χ1n) is 6.74. The van der Waals surface area contributed by atoms with E-state index >= 15 is 0 Å². The van der Waals surface area contributed by atoms with Gasteiger partial charge in [0.25, 0.3) is 5.91 Å². The van der Waals surface area contributed by atoms with Crippen LogP contribution in [0.15, 0.2) is 18.2 Å². The molecule has 0 saturated heterocycles. The van der Waals surface area contributed by atoms with Crippen molar-refractivity contribution >= 4 is 11.9 Å². The average molecular weight is 295 g/mol. The Balaban J connectivity index is 3.09. The molecule has 0 bridgehead atoms. The van der Waals surface area contributed by atoms with Crippen LogP contribution >= 0.6 is 0 Å². The van der Waals surface area contributed by atoms with E-state index in [1.54, 1.807) is 32.0 Å². The number of carboxylic acids is 1. The van der Waals surface area contributed by atoms with Gasteiger partial charge in [-0.15, -0.1) is 0 Å². The standard InChI is InChI=1S/C15H21NO5/c1-5-21-13-8-11(6-7-12(13)20-4)15(19)16(10(2)3)9-14(17)18/h6-8,10H,5,9H2,1-4H3,(H,17,18). The minimum atomic E-state index is -1.05. The molecule has 0 aliphatic heterocycles. The van der Waals surface area contributed by atoms with E-state index in [1.807, 2.05) is 6.92 Å². The van der Waals surface area contributed by atoms with E-state index < -0.39 is 5.97 Å². The van der Waals surface area contributed by atoms with Gasteiger partial charge in [-0.3, -0.25) is 9.59 Å². The maximum absolute atomic E-state index is 12.4. The zero-order valence-corrected chi connectivity index (χ0v) is 12.8. The Morgan fingerprint density at radius 2 is 1.95 bits per heavy atom. The van der Waals surface area contributed by atoms with Gasteiger partial charge in [-0.25, -0.2) is 0 Å². The fraction of sp³-hybridized carbons (Fsp3) is 0.467. The summed E-state index contributed by atoms with van der Waals surface area (Å²) in [5, 5.41) is 8.91. The topological polar surface area (TPSA) is 76.1 Å². The number of aliphatic carboxylic acids is 1. The number of hydrogen-bond acceptors (Lipinski definition) is 4. The first kappa shape index (κ1) is 16.8. The number of ether oxygens (including phenoxy) is 2. The van der Waals surface area contributed by atoms with Gasteiger partial charge in [0.05, 0.1) is 13.7 Å². The first-order chi connectivity index (χ1) is 9.90. The van der Waals surface area contributed by atoms with Gasteiger partial charge in [0.2, 0.25) is 0 Å². The number of nitrogens with zero attached hydrogens (tertiary/aromatic N) is 1. The molecule has 6 nitrogen and oxygen atoms in total. The fourth-order valence-electron chi connectivity index (χ4n) is 1.88. The summed E-state index contributed by atoms with van der Waals surface area (Å²) in [5.74, 6) is -0.404. The van der Waals surface area contributed by atoms with Crippen LogP contribution in [0.5, 0.6) is 11.5 Å². The van der Waals surface area contributed by atoms with Gasteiger partial charge < -0.3 is 19.5 Å². The number of benzene rings is 1. The van der Waals surface area contributed by atoms with Gasteiger partial charge in [0.1, 0.15) is 6.54 Å². The predicted molar refractivity (Wildman–Crippen MR) is 78.0 cm³/mol. The molecule has 0 fully saturated rings. The average Bonchev–Trinajstić information content (AvgIpc) is 2.44.